The molecule has 2 amide bonds. The third-order valence-corrected chi connectivity index (χ3v) is 6.71. The van der Waals surface area contributed by atoms with Crippen LogP contribution in [0.15, 0.2) is 24.3 Å². The molecule has 0 spiro atoms. The maximum atomic E-state index is 13.4. The number of nitrogens with two attached hydrogens (primary N) is 1. The van der Waals surface area contributed by atoms with Gasteiger partial charge in [-0.1, -0.05) is 29.8 Å². The number of rotatable bonds is 7. The van der Waals surface area contributed by atoms with Gasteiger partial charge in [0.1, 0.15) is 0 Å². The van der Waals surface area contributed by atoms with Crippen molar-refractivity contribution in [3.8, 4) is 0 Å². The Bertz CT molecular complexity index is 1040. The van der Waals surface area contributed by atoms with Crippen LogP contribution in [0.2, 0.25) is 5.02 Å². The van der Waals surface area contributed by atoms with E-state index in [2.05, 4.69) is 15.5 Å². The average molecular weight is 490 g/mol. The minimum absolute atomic E-state index is 0.0305. The Hall–Kier alpha value is -2.82. The van der Waals surface area contributed by atoms with E-state index >= 15 is 0 Å². The summed E-state index contributed by atoms with van der Waals surface area (Å²) in [6.07, 6.45) is 1.93. The molecule has 0 bridgehead atoms. The van der Waals surface area contributed by atoms with Gasteiger partial charge in [-0.15, -0.1) is 0 Å². The number of aliphatic hydroxyl groups is 1. The van der Waals surface area contributed by atoms with Gasteiger partial charge in [0.25, 0.3) is 5.91 Å². The zero-order valence-corrected chi connectivity index (χ0v) is 20.1. The number of anilines is 2. The Balaban J connectivity index is 1.63. The molecule has 0 saturated carbocycles. The van der Waals surface area contributed by atoms with Gasteiger partial charge >= 0.3 is 0 Å². The topological polar surface area (TPSA) is 129 Å². The Kier molecular flexibility index (Phi) is 7.60. The summed E-state index contributed by atoms with van der Waals surface area (Å²) in [5.41, 5.74) is 7.40. The summed E-state index contributed by atoms with van der Waals surface area (Å²) >= 11 is 6.44. The predicted molar refractivity (Wildman–Crippen MR) is 131 cm³/mol. The standard InChI is InChI=1S/C23H32ClN7O3/c1-26-21-20(22(34)27-11-19(33)29-10-8-17(32)14-29)31(12-15-5-2-3-7-18(15)24)23(28-21)30-9-4-6-16(25)13-30/h2-3,5,7,16-17,26,32H,4,6,8-14,25H2,1H3,(H,27,34)/t16-,17-/m1/s1. The molecule has 1 aromatic carbocycles. The van der Waals surface area contributed by atoms with Crippen LogP contribution in [0.4, 0.5) is 11.8 Å². The number of hydrogen-bond acceptors (Lipinski definition) is 7. The molecule has 5 N–H and O–H groups in total. The zero-order chi connectivity index (χ0) is 24.2. The van der Waals surface area contributed by atoms with Crippen LogP contribution >= 0.6 is 11.6 Å². The summed E-state index contributed by atoms with van der Waals surface area (Å²) < 4.78 is 1.84. The molecule has 11 heteroatoms. The largest absolute Gasteiger partial charge is 0.391 e. The average Bonchev–Trinajstić information content (AvgIpc) is 3.42. The lowest BCUT2D eigenvalue weighted by atomic mass is 10.1. The van der Waals surface area contributed by atoms with Gasteiger partial charge in [0.15, 0.2) is 11.5 Å². The molecule has 0 unspecified atom stereocenters. The molecule has 0 radical (unpaired) electrons. The number of halogens is 1. The van der Waals surface area contributed by atoms with Crippen LogP contribution in [0, 0.1) is 0 Å². The van der Waals surface area contributed by atoms with E-state index in [1.165, 1.54) is 0 Å². The van der Waals surface area contributed by atoms with Crippen molar-refractivity contribution in [2.45, 2.75) is 38.0 Å². The highest BCUT2D eigenvalue weighted by atomic mass is 35.5. The van der Waals surface area contributed by atoms with Gasteiger partial charge in [0.05, 0.1) is 19.2 Å². The molecule has 2 aromatic rings. The number of aromatic nitrogens is 2. The van der Waals surface area contributed by atoms with Crippen molar-refractivity contribution in [1.29, 1.82) is 0 Å². The smallest absolute Gasteiger partial charge is 0.272 e. The molecule has 2 saturated heterocycles. The Labute approximate surface area is 204 Å². The molecule has 0 aliphatic carbocycles. The van der Waals surface area contributed by atoms with Crippen molar-refractivity contribution in [2.75, 3.05) is 50.0 Å². The number of likely N-dealkylation sites (tertiary alicyclic amines) is 1. The summed E-state index contributed by atoms with van der Waals surface area (Å²) in [6, 6.07) is 7.51. The number of nitrogens with zero attached hydrogens (tertiary/aromatic N) is 4. The van der Waals surface area contributed by atoms with Crippen molar-refractivity contribution in [3.63, 3.8) is 0 Å². The lowest BCUT2D eigenvalue weighted by Crippen LogP contribution is -2.44. The molecular formula is C23H32ClN7O3. The minimum Gasteiger partial charge on any atom is -0.391 e. The second kappa shape index (κ2) is 10.6. The van der Waals surface area contributed by atoms with Gasteiger partial charge in [-0.3, -0.25) is 14.2 Å². The Morgan fingerprint density at radius 1 is 1.24 bits per heavy atom. The van der Waals surface area contributed by atoms with E-state index in [0.717, 1.165) is 24.9 Å². The zero-order valence-electron chi connectivity index (χ0n) is 19.3. The summed E-state index contributed by atoms with van der Waals surface area (Å²) in [6.45, 7) is 2.38. The number of piperidine rings is 1. The van der Waals surface area contributed by atoms with E-state index in [4.69, 9.17) is 22.3 Å². The molecular weight excluding hydrogens is 458 g/mol. The summed E-state index contributed by atoms with van der Waals surface area (Å²) in [4.78, 5) is 34.3. The van der Waals surface area contributed by atoms with Gasteiger partial charge in [0, 0.05) is 44.3 Å². The molecule has 4 rings (SSSR count). The van der Waals surface area contributed by atoms with Gasteiger partial charge in [0.2, 0.25) is 11.9 Å². The first-order chi connectivity index (χ1) is 16.4. The number of aliphatic hydroxyl groups excluding tert-OH is 1. The van der Waals surface area contributed by atoms with E-state index < -0.39 is 12.0 Å². The van der Waals surface area contributed by atoms with Crippen LogP contribution in [0.3, 0.4) is 0 Å². The van der Waals surface area contributed by atoms with Crippen LogP contribution in [0.25, 0.3) is 0 Å². The van der Waals surface area contributed by atoms with Crippen molar-refractivity contribution in [2.24, 2.45) is 5.73 Å². The summed E-state index contributed by atoms with van der Waals surface area (Å²) in [5.74, 6) is 0.418. The van der Waals surface area contributed by atoms with Crippen LogP contribution in [-0.2, 0) is 11.3 Å². The highest BCUT2D eigenvalue weighted by Crippen LogP contribution is 2.28. The van der Waals surface area contributed by atoms with E-state index in [1.807, 2.05) is 28.8 Å². The Morgan fingerprint density at radius 2 is 2.03 bits per heavy atom. The molecule has 1 aromatic heterocycles. The number of nitrogens with one attached hydrogen (secondary N) is 2. The van der Waals surface area contributed by atoms with Gasteiger partial charge in [-0.2, -0.15) is 4.98 Å². The molecule has 2 atom stereocenters. The van der Waals surface area contributed by atoms with Crippen molar-refractivity contribution in [3.05, 3.63) is 40.5 Å². The number of carbonyl (C=O) groups excluding carboxylic acids is 2. The maximum absolute atomic E-state index is 13.4. The van der Waals surface area contributed by atoms with Crippen LogP contribution in [-0.4, -0.2) is 83.3 Å². The molecule has 2 aliphatic rings. The van der Waals surface area contributed by atoms with E-state index in [9.17, 15) is 14.7 Å². The van der Waals surface area contributed by atoms with Crippen LogP contribution in [0.1, 0.15) is 35.3 Å². The molecule has 10 nitrogen and oxygen atoms in total. The fourth-order valence-electron chi connectivity index (χ4n) is 4.55. The number of β-amino-alcohol motifs (C(OH)–C–C–N with tert-alkyl or cyclic N) is 1. The fourth-order valence-corrected chi connectivity index (χ4v) is 4.74. The number of benzene rings is 1. The first-order valence-corrected chi connectivity index (χ1v) is 12.0. The van der Waals surface area contributed by atoms with Crippen molar-refractivity contribution < 1.29 is 14.7 Å². The van der Waals surface area contributed by atoms with Crippen LogP contribution in [0.5, 0.6) is 0 Å². The van der Waals surface area contributed by atoms with Crippen LogP contribution < -0.4 is 21.3 Å². The SMILES string of the molecule is CNc1nc(N2CCC[C@@H](N)C2)n(Cc2ccccc2Cl)c1C(=O)NCC(=O)N1CC[C@@H](O)C1. The van der Waals surface area contributed by atoms with E-state index in [0.29, 0.717) is 55.1 Å². The lowest BCUT2D eigenvalue weighted by molar-refractivity contribution is -0.129. The molecule has 34 heavy (non-hydrogen) atoms. The quantitative estimate of drug-likeness (QED) is 0.454. The highest BCUT2D eigenvalue weighted by molar-refractivity contribution is 6.31. The number of carbonyl (C=O) groups is 2. The second-order valence-electron chi connectivity index (χ2n) is 8.85. The van der Waals surface area contributed by atoms with Crippen molar-refractivity contribution >= 4 is 35.2 Å². The summed E-state index contributed by atoms with van der Waals surface area (Å²) in [5, 5.41) is 16.1. The third kappa shape index (κ3) is 5.29. The first-order valence-electron chi connectivity index (χ1n) is 11.6. The van der Waals surface area contributed by atoms with Gasteiger partial charge in [-0.05, 0) is 30.9 Å². The molecule has 3 heterocycles. The fraction of sp³-hybridized carbons (Fsp3) is 0.522. The Morgan fingerprint density at radius 3 is 2.71 bits per heavy atom. The maximum Gasteiger partial charge on any atom is 0.272 e. The third-order valence-electron chi connectivity index (χ3n) is 6.34. The highest BCUT2D eigenvalue weighted by Gasteiger charge is 2.30. The van der Waals surface area contributed by atoms with Crippen molar-refractivity contribution in [1.82, 2.24) is 19.8 Å². The van der Waals surface area contributed by atoms with Gasteiger partial charge < -0.3 is 31.3 Å². The lowest BCUT2D eigenvalue weighted by Gasteiger charge is -2.32. The second-order valence-corrected chi connectivity index (χ2v) is 9.26. The number of amides is 2. The monoisotopic (exact) mass is 489 g/mol. The molecule has 2 fully saturated rings. The minimum atomic E-state index is -0.508. The number of hydrogen-bond donors (Lipinski definition) is 4. The number of imidazole rings is 1. The summed E-state index contributed by atoms with van der Waals surface area (Å²) in [7, 11) is 1.71. The van der Waals surface area contributed by atoms with Gasteiger partial charge in [-0.25, -0.2) is 0 Å². The van der Waals surface area contributed by atoms with E-state index in [-0.39, 0.29) is 18.5 Å². The normalized spacial score (nSPS) is 20.5. The molecule has 184 valence electrons. The predicted octanol–water partition coefficient (Wildman–Crippen LogP) is 0.877. The first kappa shape index (κ1) is 24.3. The van der Waals surface area contributed by atoms with E-state index in [1.54, 1.807) is 11.9 Å². The molecule has 2 aliphatic heterocycles.